The van der Waals surface area contributed by atoms with Gasteiger partial charge in [-0.15, -0.1) is 5.10 Å². The van der Waals surface area contributed by atoms with E-state index in [1.165, 1.54) is 36.7 Å². The highest BCUT2D eigenvalue weighted by molar-refractivity contribution is 5.84. The Morgan fingerprint density at radius 2 is 1.36 bits per heavy atom. The van der Waals surface area contributed by atoms with Crippen molar-refractivity contribution in [3.63, 3.8) is 0 Å². The third-order valence-electron chi connectivity index (χ3n) is 2.51. The third-order valence-corrected chi connectivity index (χ3v) is 2.51. The predicted octanol–water partition coefficient (Wildman–Crippen LogP) is 2.24. The van der Waals surface area contributed by atoms with Crippen LogP contribution in [0.3, 0.4) is 0 Å². The molecule has 2 aromatic carbocycles. The average molecular weight is 301 g/mol. The number of halogens is 2. The quantitative estimate of drug-likeness (QED) is 0.516. The molecule has 0 heterocycles. The second kappa shape index (κ2) is 7.63. The van der Waals surface area contributed by atoms with Crippen molar-refractivity contribution in [1.82, 2.24) is 5.43 Å². The van der Waals surface area contributed by atoms with E-state index in [1.807, 2.05) is 0 Å². The summed E-state index contributed by atoms with van der Waals surface area (Å²) in [6.45, 7) is 0. The van der Waals surface area contributed by atoms with Crippen LogP contribution in [0.25, 0.3) is 0 Å². The number of hydrazone groups is 1. The van der Waals surface area contributed by atoms with Crippen molar-refractivity contribution in [1.29, 1.82) is 0 Å². The Balaban J connectivity index is 1.87. The van der Waals surface area contributed by atoms with Crippen LogP contribution in [0.4, 0.5) is 8.78 Å². The Morgan fingerprint density at radius 3 is 1.91 bits per heavy atom. The largest absolute Gasteiger partial charge is 0.367 e. The average Bonchev–Trinajstić information content (AvgIpc) is 2.51. The Morgan fingerprint density at radius 1 is 0.864 bits per heavy atom. The SMILES string of the molecule is NC(=N/N=C\c1ccc(F)cc1)N/N=C\c1ccc(F)cc1. The van der Waals surface area contributed by atoms with Crippen LogP contribution in [0.5, 0.6) is 0 Å². The first kappa shape index (κ1) is 15.3. The second-order valence-corrected chi connectivity index (χ2v) is 4.20. The van der Waals surface area contributed by atoms with E-state index in [4.69, 9.17) is 5.73 Å². The molecule has 0 radical (unpaired) electrons. The van der Waals surface area contributed by atoms with Crippen LogP contribution < -0.4 is 11.2 Å². The molecule has 0 saturated carbocycles. The van der Waals surface area contributed by atoms with Crippen molar-refractivity contribution in [2.75, 3.05) is 0 Å². The van der Waals surface area contributed by atoms with Gasteiger partial charge in [0, 0.05) is 0 Å². The van der Waals surface area contributed by atoms with Crippen molar-refractivity contribution >= 4 is 18.4 Å². The molecule has 22 heavy (non-hydrogen) atoms. The first-order chi connectivity index (χ1) is 10.6. The summed E-state index contributed by atoms with van der Waals surface area (Å²) in [5, 5.41) is 11.2. The minimum Gasteiger partial charge on any atom is -0.367 e. The van der Waals surface area contributed by atoms with Crippen LogP contribution in [0.1, 0.15) is 11.1 Å². The van der Waals surface area contributed by atoms with Crippen molar-refractivity contribution in [2.24, 2.45) is 21.0 Å². The molecule has 0 bridgehead atoms. The Hall–Kier alpha value is -3.09. The van der Waals surface area contributed by atoms with Gasteiger partial charge >= 0.3 is 0 Å². The summed E-state index contributed by atoms with van der Waals surface area (Å²) in [6.07, 6.45) is 2.89. The van der Waals surface area contributed by atoms with Gasteiger partial charge in [-0.2, -0.15) is 10.2 Å². The van der Waals surface area contributed by atoms with Gasteiger partial charge in [0.05, 0.1) is 12.4 Å². The van der Waals surface area contributed by atoms with E-state index in [2.05, 4.69) is 20.7 Å². The molecule has 0 aliphatic carbocycles. The molecular formula is C15H13F2N5. The maximum absolute atomic E-state index is 12.7. The highest BCUT2D eigenvalue weighted by Crippen LogP contribution is 2.00. The number of guanidine groups is 1. The summed E-state index contributed by atoms with van der Waals surface area (Å²) in [6, 6.07) is 11.5. The monoisotopic (exact) mass is 301 g/mol. The maximum atomic E-state index is 12.7. The maximum Gasteiger partial charge on any atom is 0.234 e. The van der Waals surface area contributed by atoms with Crippen LogP contribution in [-0.4, -0.2) is 18.4 Å². The topological polar surface area (TPSA) is 75.1 Å². The molecule has 0 aliphatic rings. The first-order valence-electron chi connectivity index (χ1n) is 6.30. The standard InChI is InChI=1S/C15H13F2N5/c16-13-5-1-11(2-6-13)9-19-21-15(18)22-20-10-12-3-7-14(17)8-4-12/h1-10H,(H3,18,21,22)/b19-9-,20-10-. The lowest BCUT2D eigenvalue weighted by Gasteiger charge is -1.96. The Bertz CT molecular complexity index is 691. The Labute approximate surface area is 125 Å². The van der Waals surface area contributed by atoms with E-state index in [0.717, 1.165) is 0 Å². The summed E-state index contributed by atoms with van der Waals surface area (Å²) >= 11 is 0. The molecule has 0 saturated heterocycles. The zero-order chi connectivity index (χ0) is 15.8. The molecule has 112 valence electrons. The molecule has 0 atom stereocenters. The number of hydrogen-bond acceptors (Lipinski definition) is 3. The normalized spacial score (nSPS) is 12.2. The van der Waals surface area contributed by atoms with Crippen LogP contribution in [-0.2, 0) is 0 Å². The van der Waals surface area contributed by atoms with Crippen LogP contribution in [0.15, 0.2) is 63.8 Å². The molecular weight excluding hydrogens is 288 g/mol. The van der Waals surface area contributed by atoms with Gasteiger partial charge in [0.25, 0.3) is 0 Å². The van der Waals surface area contributed by atoms with Gasteiger partial charge in [-0.3, -0.25) is 0 Å². The minimum atomic E-state index is -0.322. The fourth-order valence-electron chi connectivity index (χ4n) is 1.45. The fourth-order valence-corrected chi connectivity index (χ4v) is 1.45. The number of nitrogens with one attached hydrogen (secondary N) is 1. The zero-order valence-corrected chi connectivity index (χ0v) is 11.4. The summed E-state index contributed by atoms with van der Waals surface area (Å²) in [5.74, 6) is -0.657. The van der Waals surface area contributed by atoms with Gasteiger partial charge in [-0.05, 0) is 35.4 Å². The minimum absolute atomic E-state index is 0.0169. The van der Waals surface area contributed by atoms with E-state index in [1.54, 1.807) is 24.3 Å². The van der Waals surface area contributed by atoms with Crippen molar-refractivity contribution < 1.29 is 8.78 Å². The van der Waals surface area contributed by atoms with E-state index in [9.17, 15) is 8.78 Å². The molecule has 0 amide bonds. The van der Waals surface area contributed by atoms with Crippen LogP contribution in [0.2, 0.25) is 0 Å². The molecule has 7 heteroatoms. The molecule has 2 aromatic rings. The lowest BCUT2D eigenvalue weighted by molar-refractivity contribution is 0.627. The number of benzene rings is 2. The fraction of sp³-hybridized carbons (Fsp3) is 0. The first-order valence-corrected chi connectivity index (χ1v) is 6.30. The second-order valence-electron chi connectivity index (χ2n) is 4.20. The molecule has 2 rings (SSSR count). The molecule has 0 aromatic heterocycles. The summed E-state index contributed by atoms with van der Waals surface area (Å²) in [4.78, 5) is 0. The molecule has 5 nitrogen and oxygen atoms in total. The van der Waals surface area contributed by atoms with E-state index in [-0.39, 0.29) is 17.6 Å². The molecule has 0 unspecified atom stereocenters. The summed E-state index contributed by atoms with van der Waals surface area (Å²) in [5.41, 5.74) is 9.41. The van der Waals surface area contributed by atoms with Crippen molar-refractivity contribution in [2.45, 2.75) is 0 Å². The number of rotatable bonds is 4. The lowest BCUT2D eigenvalue weighted by atomic mass is 10.2. The van der Waals surface area contributed by atoms with Gasteiger partial charge in [0.15, 0.2) is 0 Å². The molecule has 0 fully saturated rings. The number of hydrogen-bond donors (Lipinski definition) is 2. The Kier molecular flexibility index (Phi) is 5.31. The molecule has 3 N–H and O–H groups in total. The smallest absolute Gasteiger partial charge is 0.234 e. The highest BCUT2D eigenvalue weighted by atomic mass is 19.1. The predicted molar refractivity (Wildman–Crippen MR) is 82.7 cm³/mol. The van der Waals surface area contributed by atoms with Crippen LogP contribution in [0, 0.1) is 11.6 Å². The summed E-state index contributed by atoms with van der Waals surface area (Å²) < 4.78 is 25.4. The van der Waals surface area contributed by atoms with Crippen molar-refractivity contribution in [3.05, 3.63) is 71.3 Å². The highest BCUT2D eigenvalue weighted by Gasteiger charge is 1.91. The van der Waals surface area contributed by atoms with Gasteiger partial charge in [0.2, 0.25) is 5.96 Å². The van der Waals surface area contributed by atoms with Gasteiger partial charge in [0.1, 0.15) is 11.6 Å². The molecule has 0 aliphatic heterocycles. The zero-order valence-electron chi connectivity index (χ0n) is 11.4. The number of nitrogens with two attached hydrogens (primary N) is 1. The lowest BCUT2D eigenvalue weighted by Crippen LogP contribution is -2.26. The van der Waals surface area contributed by atoms with E-state index in [0.29, 0.717) is 11.1 Å². The third kappa shape index (κ3) is 5.12. The van der Waals surface area contributed by atoms with E-state index >= 15 is 0 Å². The van der Waals surface area contributed by atoms with Crippen molar-refractivity contribution in [3.8, 4) is 0 Å². The van der Waals surface area contributed by atoms with Crippen LogP contribution >= 0.6 is 0 Å². The molecule has 0 spiro atoms. The van der Waals surface area contributed by atoms with Gasteiger partial charge in [-0.25, -0.2) is 14.2 Å². The number of nitrogens with zero attached hydrogens (tertiary/aromatic N) is 3. The van der Waals surface area contributed by atoms with Gasteiger partial charge in [-0.1, -0.05) is 24.3 Å². The summed E-state index contributed by atoms with van der Waals surface area (Å²) in [7, 11) is 0. The van der Waals surface area contributed by atoms with Gasteiger partial charge < -0.3 is 5.73 Å². The van der Waals surface area contributed by atoms with E-state index < -0.39 is 0 Å².